The van der Waals surface area contributed by atoms with Crippen molar-refractivity contribution in [3.63, 3.8) is 0 Å². The van der Waals surface area contributed by atoms with Crippen LogP contribution in [0.25, 0.3) is 0 Å². The molecule has 18 heavy (non-hydrogen) atoms. The van der Waals surface area contributed by atoms with Crippen LogP contribution in [0.2, 0.25) is 0 Å². The van der Waals surface area contributed by atoms with Crippen molar-refractivity contribution in [3.8, 4) is 0 Å². The van der Waals surface area contributed by atoms with Crippen molar-refractivity contribution in [1.29, 1.82) is 0 Å². The molecule has 0 radical (unpaired) electrons. The van der Waals surface area contributed by atoms with E-state index in [-0.39, 0.29) is 0 Å². The van der Waals surface area contributed by atoms with Gasteiger partial charge in [0.15, 0.2) is 0 Å². The van der Waals surface area contributed by atoms with Crippen LogP contribution in [0.1, 0.15) is 11.1 Å². The van der Waals surface area contributed by atoms with Gasteiger partial charge in [0.05, 0.1) is 0 Å². The molecule has 4 heteroatoms. The van der Waals surface area contributed by atoms with E-state index in [0.29, 0.717) is 6.54 Å². The highest BCUT2D eigenvalue weighted by Crippen LogP contribution is 2.09. The molecular formula is C14H18N4. The monoisotopic (exact) mass is 242 g/mol. The predicted molar refractivity (Wildman–Crippen MR) is 73.6 cm³/mol. The molecule has 2 N–H and O–H groups in total. The number of rotatable bonds is 5. The highest BCUT2D eigenvalue weighted by atomic mass is 15.2. The molecule has 1 heterocycles. The summed E-state index contributed by atoms with van der Waals surface area (Å²) in [4.78, 5) is 10.7. The zero-order valence-corrected chi connectivity index (χ0v) is 10.6. The Morgan fingerprint density at radius 1 is 1.06 bits per heavy atom. The fourth-order valence-corrected chi connectivity index (χ4v) is 1.76. The van der Waals surface area contributed by atoms with Crippen LogP contribution in [0.3, 0.4) is 0 Å². The van der Waals surface area contributed by atoms with Gasteiger partial charge in [-0.25, -0.2) is 9.97 Å². The summed E-state index contributed by atoms with van der Waals surface area (Å²) in [6.07, 6.45) is 4.62. The van der Waals surface area contributed by atoms with Gasteiger partial charge in [-0.05, 0) is 11.1 Å². The summed E-state index contributed by atoms with van der Waals surface area (Å²) in [5.74, 6) is 0.720. The number of benzene rings is 1. The van der Waals surface area contributed by atoms with E-state index in [0.717, 1.165) is 24.5 Å². The van der Waals surface area contributed by atoms with E-state index in [1.807, 2.05) is 42.5 Å². The molecule has 0 amide bonds. The van der Waals surface area contributed by atoms with Gasteiger partial charge in [0.25, 0.3) is 0 Å². The zero-order chi connectivity index (χ0) is 12.8. The summed E-state index contributed by atoms with van der Waals surface area (Å²) < 4.78 is 0. The largest absolute Gasteiger partial charge is 0.343 e. The normalized spacial score (nSPS) is 10.3. The van der Waals surface area contributed by atoms with Crippen LogP contribution < -0.4 is 10.6 Å². The van der Waals surface area contributed by atoms with E-state index in [1.54, 1.807) is 0 Å². The van der Waals surface area contributed by atoms with E-state index >= 15 is 0 Å². The second-order valence-electron chi connectivity index (χ2n) is 4.26. The first kappa shape index (κ1) is 12.5. The minimum atomic E-state index is 0.603. The maximum Gasteiger partial charge on any atom is 0.225 e. The van der Waals surface area contributed by atoms with Gasteiger partial charge in [0.1, 0.15) is 0 Å². The molecule has 0 aliphatic rings. The van der Waals surface area contributed by atoms with Crippen LogP contribution in [0.5, 0.6) is 0 Å². The zero-order valence-electron chi connectivity index (χ0n) is 10.6. The average Bonchev–Trinajstić information content (AvgIpc) is 2.41. The lowest BCUT2D eigenvalue weighted by Gasteiger charge is -2.15. The molecule has 1 aromatic carbocycles. The van der Waals surface area contributed by atoms with Gasteiger partial charge in [-0.15, -0.1) is 0 Å². The summed E-state index contributed by atoms with van der Waals surface area (Å²) in [5.41, 5.74) is 7.89. The Labute approximate surface area is 107 Å². The number of aromatic nitrogens is 2. The maximum absolute atomic E-state index is 5.50. The number of nitrogens with zero attached hydrogens (tertiary/aromatic N) is 3. The molecule has 2 rings (SSSR count). The highest BCUT2D eigenvalue weighted by molar-refractivity contribution is 5.30. The number of hydrogen-bond acceptors (Lipinski definition) is 4. The summed E-state index contributed by atoms with van der Waals surface area (Å²) in [6.45, 7) is 1.36. The first-order valence-electron chi connectivity index (χ1n) is 6.05. The Bertz CT molecular complexity index is 467. The Morgan fingerprint density at radius 2 is 1.72 bits per heavy atom. The molecule has 0 spiro atoms. The lowest BCUT2D eigenvalue weighted by molar-refractivity contribution is 0.842. The minimum absolute atomic E-state index is 0.603. The molecular weight excluding hydrogens is 224 g/mol. The number of anilines is 1. The predicted octanol–water partition coefficient (Wildman–Crippen LogP) is 1.46. The summed E-state index contributed by atoms with van der Waals surface area (Å²) in [7, 11) is 1.94. The minimum Gasteiger partial charge on any atom is -0.343 e. The molecule has 0 unspecified atom stereocenters. The van der Waals surface area contributed by atoms with Crippen molar-refractivity contribution in [3.05, 3.63) is 53.9 Å². The van der Waals surface area contributed by atoms with E-state index in [4.69, 9.17) is 5.73 Å². The number of likely N-dealkylation sites (N-methyl/N-ethyl adjacent to an activating group) is 1. The Kier molecular flexibility index (Phi) is 4.25. The Morgan fingerprint density at radius 3 is 2.33 bits per heavy atom. The molecule has 94 valence electrons. The highest BCUT2D eigenvalue weighted by Gasteiger charge is 2.03. The number of hydrogen-bond donors (Lipinski definition) is 1. The van der Waals surface area contributed by atoms with Crippen LogP contribution in [0.15, 0.2) is 42.7 Å². The van der Waals surface area contributed by atoms with Crippen LogP contribution >= 0.6 is 0 Å². The van der Waals surface area contributed by atoms with Crippen LogP contribution in [0, 0.1) is 0 Å². The fourth-order valence-electron chi connectivity index (χ4n) is 1.76. The van der Waals surface area contributed by atoms with E-state index < -0.39 is 0 Å². The quantitative estimate of drug-likeness (QED) is 0.862. The SMILES string of the molecule is CN(CCN)c1ncc(Cc2ccccc2)cn1. The lowest BCUT2D eigenvalue weighted by atomic mass is 10.1. The van der Waals surface area contributed by atoms with E-state index in [9.17, 15) is 0 Å². The van der Waals surface area contributed by atoms with Gasteiger partial charge in [-0.3, -0.25) is 0 Å². The third kappa shape index (κ3) is 3.28. The van der Waals surface area contributed by atoms with Gasteiger partial charge in [0, 0.05) is 39.0 Å². The standard InChI is InChI=1S/C14H18N4/c1-18(8-7-15)14-16-10-13(11-17-14)9-12-5-3-2-4-6-12/h2-6,10-11H,7-9,15H2,1H3. The first-order valence-corrected chi connectivity index (χ1v) is 6.05. The van der Waals surface area contributed by atoms with Gasteiger partial charge >= 0.3 is 0 Å². The molecule has 0 saturated carbocycles. The van der Waals surface area contributed by atoms with Crippen LogP contribution in [0.4, 0.5) is 5.95 Å². The first-order chi connectivity index (χ1) is 8.79. The Hall–Kier alpha value is -1.94. The molecule has 0 bridgehead atoms. The molecule has 0 aliphatic heterocycles. The molecule has 1 aromatic heterocycles. The van der Waals surface area contributed by atoms with Gasteiger partial charge < -0.3 is 10.6 Å². The summed E-state index contributed by atoms with van der Waals surface area (Å²) >= 11 is 0. The Balaban J connectivity index is 2.04. The molecule has 2 aromatic rings. The number of nitrogens with two attached hydrogens (primary N) is 1. The molecule has 0 fully saturated rings. The molecule has 0 saturated heterocycles. The summed E-state index contributed by atoms with van der Waals surface area (Å²) in [6, 6.07) is 10.3. The molecule has 4 nitrogen and oxygen atoms in total. The van der Waals surface area contributed by atoms with Crippen molar-refractivity contribution >= 4 is 5.95 Å². The lowest BCUT2D eigenvalue weighted by Crippen LogP contribution is -2.26. The van der Waals surface area contributed by atoms with E-state index in [2.05, 4.69) is 22.1 Å². The maximum atomic E-state index is 5.50. The third-order valence-electron chi connectivity index (χ3n) is 2.75. The second-order valence-corrected chi connectivity index (χ2v) is 4.26. The molecule has 0 atom stereocenters. The van der Waals surface area contributed by atoms with Crippen molar-refractivity contribution in [2.75, 3.05) is 25.0 Å². The van der Waals surface area contributed by atoms with Gasteiger partial charge in [0.2, 0.25) is 5.95 Å². The van der Waals surface area contributed by atoms with Crippen LogP contribution in [-0.4, -0.2) is 30.1 Å². The van der Waals surface area contributed by atoms with Crippen molar-refractivity contribution in [1.82, 2.24) is 9.97 Å². The fraction of sp³-hybridized carbons (Fsp3) is 0.286. The summed E-state index contributed by atoms with van der Waals surface area (Å²) in [5, 5.41) is 0. The molecule has 0 aliphatic carbocycles. The van der Waals surface area contributed by atoms with Crippen molar-refractivity contribution < 1.29 is 0 Å². The average molecular weight is 242 g/mol. The van der Waals surface area contributed by atoms with Gasteiger partial charge in [-0.2, -0.15) is 0 Å². The van der Waals surface area contributed by atoms with Crippen LogP contribution in [-0.2, 0) is 6.42 Å². The smallest absolute Gasteiger partial charge is 0.225 e. The van der Waals surface area contributed by atoms with Crippen molar-refractivity contribution in [2.45, 2.75) is 6.42 Å². The topological polar surface area (TPSA) is 55.0 Å². The third-order valence-corrected chi connectivity index (χ3v) is 2.75. The van der Waals surface area contributed by atoms with Crippen molar-refractivity contribution in [2.24, 2.45) is 5.73 Å². The second kappa shape index (κ2) is 6.12. The van der Waals surface area contributed by atoms with E-state index in [1.165, 1.54) is 5.56 Å². The van der Waals surface area contributed by atoms with Gasteiger partial charge in [-0.1, -0.05) is 30.3 Å².